The fraction of sp³-hybridized carbons (Fsp3) is 0.167. The van der Waals surface area contributed by atoms with E-state index in [0.717, 1.165) is 23.9 Å². The molecule has 1 rings (SSSR count). The van der Waals surface area contributed by atoms with Gasteiger partial charge >= 0.3 is 5.97 Å². The van der Waals surface area contributed by atoms with Crippen molar-refractivity contribution < 1.29 is 19.1 Å². The molecule has 0 heterocycles. The third-order valence-electron chi connectivity index (χ3n) is 1.78. The van der Waals surface area contributed by atoms with Gasteiger partial charge in [0.1, 0.15) is 5.82 Å². The Labute approximate surface area is 102 Å². The zero-order valence-electron chi connectivity index (χ0n) is 8.99. The maximum absolute atomic E-state index is 12.8. The normalized spacial score (nSPS) is 9.29. The molecule has 1 aromatic carbocycles. The van der Waals surface area contributed by atoms with Gasteiger partial charge in [0.25, 0.3) is 0 Å². The standard InChI is InChI=1S/C12H9FO3S/c1-8(14)17-6-2-3-9-4-5-10(13)7-11(9)12(15)16/h4-5,7H,6H2,1H3,(H,15,16). The summed E-state index contributed by atoms with van der Waals surface area (Å²) in [6.07, 6.45) is 0. The molecule has 5 heteroatoms. The molecule has 0 aliphatic rings. The molecule has 0 amide bonds. The summed E-state index contributed by atoms with van der Waals surface area (Å²) in [4.78, 5) is 21.4. The van der Waals surface area contributed by atoms with E-state index < -0.39 is 11.8 Å². The Morgan fingerprint density at radius 2 is 2.18 bits per heavy atom. The van der Waals surface area contributed by atoms with E-state index in [4.69, 9.17) is 5.11 Å². The average molecular weight is 252 g/mol. The predicted molar refractivity (Wildman–Crippen MR) is 63.4 cm³/mol. The van der Waals surface area contributed by atoms with Crippen LogP contribution in [0.3, 0.4) is 0 Å². The Hall–Kier alpha value is -1.80. The number of aromatic carboxylic acids is 1. The lowest BCUT2D eigenvalue weighted by Crippen LogP contribution is -2.00. The van der Waals surface area contributed by atoms with E-state index >= 15 is 0 Å². The largest absolute Gasteiger partial charge is 0.478 e. The molecular formula is C12H9FO3S. The van der Waals surface area contributed by atoms with Crippen LogP contribution in [0.5, 0.6) is 0 Å². The van der Waals surface area contributed by atoms with Crippen molar-refractivity contribution in [3.8, 4) is 11.8 Å². The van der Waals surface area contributed by atoms with Crippen molar-refractivity contribution in [2.24, 2.45) is 0 Å². The molecule has 17 heavy (non-hydrogen) atoms. The maximum Gasteiger partial charge on any atom is 0.337 e. The van der Waals surface area contributed by atoms with Crippen LogP contribution in [0.25, 0.3) is 0 Å². The number of benzene rings is 1. The molecular weight excluding hydrogens is 243 g/mol. The molecule has 1 aromatic rings. The van der Waals surface area contributed by atoms with E-state index in [0.29, 0.717) is 0 Å². The fourth-order valence-electron chi connectivity index (χ4n) is 1.07. The summed E-state index contributed by atoms with van der Waals surface area (Å²) >= 11 is 1.03. The van der Waals surface area contributed by atoms with E-state index in [1.165, 1.54) is 13.0 Å². The van der Waals surface area contributed by atoms with Gasteiger partial charge in [-0.25, -0.2) is 9.18 Å². The van der Waals surface area contributed by atoms with Crippen LogP contribution in [-0.4, -0.2) is 21.9 Å². The molecule has 0 radical (unpaired) electrons. The number of carboxylic acids is 1. The number of carbonyl (C=O) groups excluding carboxylic acids is 1. The minimum atomic E-state index is -1.23. The fourth-order valence-corrected chi connectivity index (χ4v) is 1.42. The third-order valence-corrected chi connectivity index (χ3v) is 2.48. The molecule has 0 saturated carbocycles. The van der Waals surface area contributed by atoms with Gasteiger partial charge in [-0.05, 0) is 18.2 Å². The van der Waals surface area contributed by atoms with Crippen molar-refractivity contribution in [3.63, 3.8) is 0 Å². The zero-order chi connectivity index (χ0) is 12.8. The summed E-state index contributed by atoms with van der Waals surface area (Å²) < 4.78 is 12.8. The minimum Gasteiger partial charge on any atom is -0.478 e. The first-order valence-electron chi connectivity index (χ1n) is 4.66. The van der Waals surface area contributed by atoms with E-state index in [-0.39, 0.29) is 22.0 Å². The van der Waals surface area contributed by atoms with Crippen molar-refractivity contribution in [1.29, 1.82) is 0 Å². The third kappa shape index (κ3) is 4.29. The first kappa shape index (κ1) is 13.3. The first-order valence-corrected chi connectivity index (χ1v) is 5.64. The van der Waals surface area contributed by atoms with Crippen LogP contribution in [0, 0.1) is 17.7 Å². The molecule has 88 valence electrons. The smallest absolute Gasteiger partial charge is 0.337 e. The summed E-state index contributed by atoms with van der Waals surface area (Å²) in [6.45, 7) is 1.42. The molecule has 0 saturated heterocycles. The van der Waals surface area contributed by atoms with E-state index in [1.807, 2.05) is 0 Å². The quantitative estimate of drug-likeness (QED) is 0.819. The van der Waals surface area contributed by atoms with Crippen LogP contribution in [0.4, 0.5) is 4.39 Å². The lowest BCUT2D eigenvalue weighted by atomic mass is 10.1. The lowest BCUT2D eigenvalue weighted by Gasteiger charge is -1.98. The summed E-state index contributed by atoms with van der Waals surface area (Å²) in [5.74, 6) is 3.70. The van der Waals surface area contributed by atoms with Gasteiger partial charge in [0.15, 0.2) is 5.12 Å². The van der Waals surface area contributed by atoms with Gasteiger partial charge in [-0.2, -0.15) is 0 Å². The van der Waals surface area contributed by atoms with Gasteiger partial charge in [0, 0.05) is 12.5 Å². The summed E-state index contributed by atoms with van der Waals surface area (Å²) in [5.41, 5.74) is 0.0633. The molecule has 0 bridgehead atoms. The first-order chi connectivity index (χ1) is 8.00. The van der Waals surface area contributed by atoms with E-state index in [9.17, 15) is 14.0 Å². The monoisotopic (exact) mass is 252 g/mol. The Bertz CT molecular complexity index is 514. The molecule has 1 N–H and O–H groups in total. The molecule has 0 aliphatic heterocycles. The molecule has 3 nitrogen and oxygen atoms in total. The van der Waals surface area contributed by atoms with Gasteiger partial charge in [-0.1, -0.05) is 23.6 Å². The summed E-state index contributed by atoms with van der Waals surface area (Å²) in [7, 11) is 0. The second kappa shape index (κ2) is 6.06. The molecule has 0 unspecified atom stereocenters. The molecule has 0 aromatic heterocycles. The van der Waals surface area contributed by atoms with Crippen LogP contribution in [-0.2, 0) is 4.79 Å². The van der Waals surface area contributed by atoms with Gasteiger partial charge in [-0.15, -0.1) is 0 Å². The number of halogens is 1. The van der Waals surface area contributed by atoms with Crippen molar-refractivity contribution in [2.75, 3.05) is 5.75 Å². The highest BCUT2D eigenvalue weighted by Gasteiger charge is 2.09. The van der Waals surface area contributed by atoms with Crippen molar-refractivity contribution in [3.05, 3.63) is 35.1 Å². The van der Waals surface area contributed by atoms with Crippen LogP contribution in [0.15, 0.2) is 18.2 Å². The van der Waals surface area contributed by atoms with E-state index in [2.05, 4.69) is 11.8 Å². The van der Waals surface area contributed by atoms with Gasteiger partial charge < -0.3 is 5.11 Å². The van der Waals surface area contributed by atoms with Crippen molar-refractivity contribution in [1.82, 2.24) is 0 Å². The van der Waals surface area contributed by atoms with Gasteiger partial charge in [-0.3, -0.25) is 4.79 Å². The highest BCUT2D eigenvalue weighted by molar-refractivity contribution is 8.13. The number of carboxylic acid groups (broad SMARTS) is 1. The van der Waals surface area contributed by atoms with Crippen molar-refractivity contribution >= 4 is 22.8 Å². The minimum absolute atomic E-state index is 0.0585. The Kier molecular flexibility index (Phi) is 4.73. The Balaban J connectivity index is 2.90. The molecule has 0 spiro atoms. The number of rotatable bonds is 2. The Morgan fingerprint density at radius 1 is 1.47 bits per heavy atom. The average Bonchev–Trinajstić information content (AvgIpc) is 2.25. The predicted octanol–water partition coefficient (Wildman–Crippen LogP) is 2.16. The van der Waals surface area contributed by atoms with Gasteiger partial charge in [0.05, 0.1) is 11.3 Å². The zero-order valence-corrected chi connectivity index (χ0v) is 9.81. The second-order valence-corrected chi connectivity index (χ2v) is 4.23. The lowest BCUT2D eigenvalue weighted by molar-refractivity contribution is -0.109. The SMILES string of the molecule is CC(=O)SCC#Cc1ccc(F)cc1C(=O)O. The molecule has 0 aliphatic carbocycles. The van der Waals surface area contributed by atoms with Crippen LogP contribution >= 0.6 is 11.8 Å². The second-order valence-electron chi connectivity index (χ2n) is 3.08. The summed E-state index contributed by atoms with van der Waals surface area (Å²) in [6, 6.07) is 3.38. The maximum atomic E-state index is 12.8. The highest BCUT2D eigenvalue weighted by atomic mass is 32.2. The number of hydrogen-bond acceptors (Lipinski definition) is 3. The van der Waals surface area contributed by atoms with Crippen LogP contribution in [0.2, 0.25) is 0 Å². The number of thioether (sulfide) groups is 1. The Morgan fingerprint density at radius 3 is 2.76 bits per heavy atom. The number of carbonyl (C=O) groups is 2. The summed E-state index contributed by atoms with van der Waals surface area (Å²) in [5, 5.41) is 8.78. The van der Waals surface area contributed by atoms with E-state index in [1.54, 1.807) is 0 Å². The van der Waals surface area contributed by atoms with Crippen LogP contribution < -0.4 is 0 Å². The highest BCUT2D eigenvalue weighted by Crippen LogP contribution is 2.10. The topological polar surface area (TPSA) is 54.4 Å². The number of hydrogen-bond donors (Lipinski definition) is 1. The molecule has 0 atom stereocenters. The van der Waals surface area contributed by atoms with Crippen molar-refractivity contribution in [2.45, 2.75) is 6.92 Å². The van der Waals surface area contributed by atoms with Crippen LogP contribution in [0.1, 0.15) is 22.8 Å². The van der Waals surface area contributed by atoms with Gasteiger partial charge in [0.2, 0.25) is 0 Å². The molecule has 0 fully saturated rings.